The van der Waals surface area contributed by atoms with Crippen LogP contribution in [-0.4, -0.2) is 37.6 Å². The van der Waals surface area contributed by atoms with Gasteiger partial charge in [0.25, 0.3) is 5.91 Å². The van der Waals surface area contributed by atoms with Gasteiger partial charge in [0, 0.05) is 29.0 Å². The van der Waals surface area contributed by atoms with Gasteiger partial charge >= 0.3 is 0 Å². The summed E-state index contributed by atoms with van der Waals surface area (Å²) in [5, 5.41) is 9.07. The molecule has 0 spiro atoms. The van der Waals surface area contributed by atoms with Crippen molar-refractivity contribution in [2.24, 2.45) is 0 Å². The molecule has 1 fully saturated rings. The third-order valence-electron chi connectivity index (χ3n) is 6.02. The summed E-state index contributed by atoms with van der Waals surface area (Å²) in [6.45, 7) is 0.948. The minimum absolute atomic E-state index is 0.0600. The van der Waals surface area contributed by atoms with Crippen LogP contribution in [0.2, 0.25) is 0 Å². The molecule has 1 aliphatic rings. The number of anilines is 2. The summed E-state index contributed by atoms with van der Waals surface area (Å²) < 4.78 is 11.4. The molecule has 0 bridgehead atoms. The minimum atomic E-state index is -0.183. The predicted octanol–water partition coefficient (Wildman–Crippen LogP) is 5.26. The zero-order valence-corrected chi connectivity index (χ0v) is 20.4. The Labute approximate surface area is 212 Å². The van der Waals surface area contributed by atoms with Crippen LogP contribution in [0.25, 0.3) is 0 Å². The molecule has 7 nitrogen and oxygen atoms in total. The monoisotopic (exact) mass is 487 g/mol. The van der Waals surface area contributed by atoms with Crippen LogP contribution in [0.3, 0.4) is 0 Å². The molecular weight excluding hydrogens is 454 g/mol. The molecule has 0 unspecified atom stereocenters. The first-order chi connectivity index (χ1) is 17.7. The number of carbonyl (C=O) groups is 2. The van der Waals surface area contributed by atoms with Gasteiger partial charge < -0.3 is 25.4 Å². The number of amides is 2. The van der Waals surface area contributed by atoms with Gasteiger partial charge in [0.1, 0.15) is 24.7 Å². The number of para-hydroxylation sites is 1. The van der Waals surface area contributed by atoms with E-state index in [2.05, 4.69) is 16.0 Å². The maximum Gasteiger partial charge on any atom is 0.251 e. The molecular formula is C29H33N3O4. The number of hydrogen-bond donors (Lipinski definition) is 3. The van der Waals surface area contributed by atoms with Crippen LogP contribution in [0.4, 0.5) is 11.4 Å². The van der Waals surface area contributed by atoms with Crippen molar-refractivity contribution in [2.75, 3.05) is 30.4 Å². The van der Waals surface area contributed by atoms with Gasteiger partial charge in [-0.2, -0.15) is 0 Å². The van der Waals surface area contributed by atoms with Crippen molar-refractivity contribution in [1.29, 1.82) is 0 Å². The lowest BCUT2D eigenvalue weighted by Gasteiger charge is -2.22. The molecule has 0 heterocycles. The maximum absolute atomic E-state index is 12.5. The van der Waals surface area contributed by atoms with Gasteiger partial charge in [-0.25, -0.2) is 0 Å². The fourth-order valence-electron chi connectivity index (χ4n) is 4.14. The Morgan fingerprint density at radius 1 is 0.750 bits per heavy atom. The molecule has 2 amide bonds. The molecule has 3 aromatic carbocycles. The fraction of sp³-hybridized carbons (Fsp3) is 0.310. The van der Waals surface area contributed by atoms with Crippen LogP contribution < -0.4 is 25.4 Å². The van der Waals surface area contributed by atoms with Crippen LogP contribution in [-0.2, 0) is 4.79 Å². The Balaban J connectivity index is 1.17. The summed E-state index contributed by atoms with van der Waals surface area (Å²) >= 11 is 0. The summed E-state index contributed by atoms with van der Waals surface area (Å²) in [6.07, 6.45) is 5.69. The van der Waals surface area contributed by atoms with Crippen molar-refractivity contribution in [3.8, 4) is 11.5 Å². The highest BCUT2D eigenvalue weighted by Gasteiger charge is 2.16. The van der Waals surface area contributed by atoms with Gasteiger partial charge in [-0.05, 0) is 61.4 Å². The lowest BCUT2D eigenvalue weighted by Crippen LogP contribution is -2.36. The number of benzene rings is 3. The van der Waals surface area contributed by atoms with Gasteiger partial charge in [0.15, 0.2) is 0 Å². The molecule has 1 aliphatic carbocycles. The molecule has 0 saturated heterocycles. The fourth-order valence-corrected chi connectivity index (χ4v) is 4.14. The lowest BCUT2D eigenvalue weighted by atomic mass is 9.95. The second kappa shape index (κ2) is 13.2. The third-order valence-corrected chi connectivity index (χ3v) is 6.02. The Kier molecular flexibility index (Phi) is 9.19. The summed E-state index contributed by atoms with van der Waals surface area (Å²) in [7, 11) is 0. The van der Waals surface area contributed by atoms with E-state index in [0.29, 0.717) is 30.2 Å². The minimum Gasteiger partial charge on any atom is -0.490 e. The Bertz CT molecular complexity index is 1110. The van der Waals surface area contributed by atoms with Crippen LogP contribution in [0.15, 0.2) is 78.9 Å². The molecule has 0 radical (unpaired) electrons. The van der Waals surface area contributed by atoms with Crippen molar-refractivity contribution < 1.29 is 19.1 Å². The van der Waals surface area contributed by atoms with E-state index in [-0.39, 0.29) is 24.4 Å². The third kappa shape index (κ3) is 8.05. The average molecular weight is 488 g/mol. The number of nitrogens with one attached hydrogen (secondary N) is 3. The van der Waals surface area contributed by atoms with E-state index in [1.54, 1.807) is 24.3 Å². The molecule has 3 aromatic rings. The first-order valence-electron chi connectivity index (χ1n) is 12.5. The van der Waals surface area contributed by atoms with Crippen molar-refractivity contribution in [1.82, 2.24) is 5.32 Å². The zero-order chi connectivity index (χ0) is 25.0. The van der Waals surface area contributed by atoms with E-state index in [1.807, 2.05) is 54.6 Å². The number of hydrogen-bond acceptors (Lipinski definition) is 5. The molecule has 0 aromatic heterocycles. The summed E-state index contributed by atoms with van der Waals surface area (Å²) in [5.41, 5.74) is 2.02. The smallest absolute Gasteiger partial charge is 0.251 e. The van der Waals surface area contributed by atoms with E-state index in [0.717, 1.165) is 24.3 Å². The molecule has 3 N–H and O–H groups in total. The quantitative estimate of drug-likeness (QED) is 0.321. The second-order valence-corrected chi connectivity index (χ2v) is 8.83. The Hall–Kier alpha value is -4.00. The first kappa shape index (κ1) is 25.1. The van der Waals surface area contributed by atoms with E-state index >= 15 is 0 Å². The van der Waals surface area contributed by atoms with Crippen LogP contribution in [0.1, 0.15) is 42.5 Å². The predicted molar refractivity (Wildman–Crippen MR) is 142 cm³/mol. The summed E-state index contributed by atoms with van der Waals surface area (Å²) in [5.74, 6) is 1.26. The van der Waals surface area contributed by atoms with Gasteiger partial charge in [0.2, 0.25) is 5.91 Å². The second-order valence-electron chi connectivity index (χ2n) is 8.83. The highest BCUT2D eigenvalue weighted by molar-refractivity contribution is 5.96. The lowest BCUT2D eigenvalue weighted by molar-refractivity contribution is -0.114. The summed E-state index contributed by atoms with van der Waals surface area (Å²) in [4.78, 5) is 24.9. The van der Waals surface area contributed by atoms with Crippen LogP contribution in [0, 0.1) is 0 Å². The molecule has 0 atom stereocenters. The van der Waals surface area contributed by atoms with E-state index in [1.165, 1.54) is 19.3 Å². The van der Waals surface area contributed by atoms with E-state index < -0.39 is 0 Å². The number of rotatable bonds is 11. The van der Waals surface area contributed by atoms with E-state index in [4.69, 9.17) is 9.47 Å². The number of ether oxygens (including phenoxy) is 2. The SMILES string of the molecule is O=C(CNc1cccc(OCCOc2ccccc2)c1)Nc1ccc(C(=O)NC2CCCCC2)cc1. The van der Waals surface area contributed by atoms with Gasteiger partial charge in [-0.15, -0.1) is 0 Å². The highest BCUT2D eigenvalue weighted by Crippen LogP contribution is 2.19. The topological polar surface area (TPSA) is 88.7 Å². The highest BCUT2D eigenvalue weighted by atomic mass is 16.5. The molecule has 1 saturated carbocycles. The van der Waals surface area contributed by atoms with Crippen LogP contribution >= 0.6 is 0 Å². The normalized spacial score (nSPS) is 13.4. The largest absolute Gasteiger partial charge is 0.490 e. The first-order valence-corrected chi connectivity index (χ1v) is 12.5. The number of carbonyl (C=O) groups excluding carboxylic acids is 2. The Morgan fingerprint density at radius 2 is 1.44 bits per heavy atom. The average Bonchev–Trinajstić information content (AvgIpc) is 2.92. The standard InChI is InChI=1S/C29H33N3O4/c33-28(31-24-16-14-22(15-17-24)29(34)32-23-8-3-1-4-9-23)21-30-25-10-7-13-27(20-25)36-19-18-35-26-11-5-2-6-12-26/h2,5-7,10-17,20,23,30H,1,3-4,8-9,18-19,21H2,(H,31,33)(H,32,34). The summed E-state index contributed by atoms with van der Waals surface area (Å²) in [6, 6.07) is 24.3. The molecule has 36 heavy (non-hydrogen) atoms. The maximum atomic E-state index is 12.5. The molecule has 188 valence electrons. The van der Waals surface area contributed by atoms with Gasteiger partial charge in [-0.3, -0.25) is 9.59 Å². The van der Waals surface area contributed by atoms with Gasteiger partial charge in [-0.1, -0.05) is 43.5 Å². The Morgan fingerprint density at radius 3 is 2.19 bits per heavy atom. The van der Waals surface area contributed by atoms with Crippen molar-refractivity contribution in [3.63, 3.8) is 0 Å². The van der Waals surface area contributed by atoms with Gasteiger partial charge in [0.05, 0.1) is 6.54 Å². The van der Waals surface area contributed by atoms with Crippen molar-refractivity contribution in [2.45, 2.75) is 38.1 Å². The van der Waals surface area contributed by atoms with Crippen LogP contribution in [0.5, 0.6) is 11.5 Å². The van der Waals surface area contributed by atoms with Crippen molar-refractivity contribution in [3.05, 3.63) is 84.4 Å². The zero-order valence-electron chi connectivity index (χ0n) is 20.4. The molecule has 0 aliphatic heterocycles. The van der Waals surface area contributed by atoms with Crippen molar-refractivity contribution >= 4 is 23.2 Å². The van der Waals surface area contributed by atoms with E-state index in [9.17, 15) is 9.59 Å². The molecule has 4 rings (SSSR count). The molecule has 7 heteroatoms.